The van der Waals surface area contributed by atoms with E-state index in [2.05, 4.69) is 0 Å². The van der Waals surface area contributed by atoms with Crippen molar-refractivity contribution in [3.63, 3.8) is 0 Å². The SMILES string of the molecule is Cc1cc(S(=O)(=O)NCC(F)(F)C(F)F)cc(N)c1F. The average molecular weight is 318 g/mol. The van der Waals surface area contributed by atoms with Gasteiger partial charge in [0.05, 0.1) is 17.1 Å². The second kappa shape index (κ2) is 5.52. The van der Waals surface area contributed by atoms with E-state index in [9.17, 15) is 30.4 Å². The number of halogens is 5. The van der Waals surface area contributed by atoms with Crippen LogP contribution in [0.2, 0.25) is 0 Å². The second-order valence-corrected chi connectivity index (χ2v) is 5.80. The van der Waals surface area contributed by atoms with Crippen molar-refractivity contribution in [2.75, 3.05) is 12.3 Å². The van der Waals surface area contributed by atoms with Gasteiger partial charge in [0, 0.05) is 0 Å². The van der Waals surface area contributed by atoms with Crippen molar-refractivity contribution in [1.29, 1.82) is 0 Å². The minimum absolute atomic E-state index is 0.119. The number of rotatable bonds is 5. The molecule has 10 heteroatoms. The summed E-state index contributed by atoms with van der Waals surface area (Å²) < 4.78 is 87.0. The van der Waals surface area contributed by atoms with E-state index in [1.54, 1.807) is 0 Å². The molecule has 114 valence electrons. The first-order valence-electron chi connectivity index (χ1n) is 5.18. The molecule has 0 aromatic heterocycles. The maximum atomic E-state index is 13.2. The molecular formula is C10H11F5N2O2S. The predicted molar refractivity (Wildman–Crippen MR) is 61.7 cm³/mol. The van der Waals surface area contributed by atoms with Gasteiger partial charge in [-0.25, -0.2) is 26.3 Å². The maximum absolute atomic E-state index is 13.2. The number of aryl methyl sites for hydroxylation is 1. The minimum atomic E-state index is -4.51. The number of benzene rings is 1. The second-order valence-electron chi connectivity index (χ2n) is 4.03. The molecule has 0 aliphatic rings. The molecule has 3 N–H and O–H groups in total. The number of anilines is 1. The summed E-state index contributed by atoms with van der Waals surface area (Å²) in [5.41, 5.74) is 4.60. The molecule has 0 saturated carbocycles. The van der Waals surface area contributed by atoms with Gasteiger partial charge in [-0.3, -0.25) is 0 Å². The number of hydrogen-bond acceptors (Lipinski definition) is 3. The summed E-state index contributed by atoms with van der Waals surface area (Å²) in [4.78, 5) is -0.584. The molecule has 1 aromatic rings. The lowest BCUT2D eigenvalue weighted by Crippen LogP contribution is -2.41. The van der Waals surface area contributed by atoms with Crippen LogP contribution in [-0.4, -0.2) is 27.3 Å². The van der Waals surface area contributed by atoms with Gasteiger partial charge in [0.15, 0.2) is 0 Å². The molecule has 0 radical (unpaired) electrons. The van der Waals surface area contributed by atoms with Crippen molar-refractivity contribution in [2.45, 2.75) is 24.2 Å². The molecule has 0 unspecified atom stereocenters. The molecule has 0 aliphatic heterocycles. The molecule has 0 fully saturated rings. The van der Waals surface area contributed by atoms with Gasteiger partial charge in [0.2, 0.25) is 10.0 Å². The van der Waals surface area contributed by atoms with E-state index < -0.39 is 45.3 Å². The van der Waals surface area contributed by atoms with Gasteiger partial charge in [-0.15, -0.1) is 0 Å². The summed E-state index contributed by atoms with van der Waals surface area (Å²) in [6.07, 6.45) is -4.01. The van der Waals surface area contributed by atoms with E-state index in [0.29, 0.717) is 6.07 Å². The highest BCUT2D eigenvalue weighted by atomic mass is 32.2. The van der Waals surface area contributed by atoms with Gasteiger partial charge in [0.1, 0.15) is 5.82 Å². The Balaban J connectivity index is 3.01. The highest BCUT2D eigenvalue weighted by molar-refractivity contribution is 7.89. The highest BCUT2D eigenvalue weighted by Gasteiger charge is 2.41. The van der Waals surface area contributed by atoms with E-state index in [1.807, 2.05) is 0 Å². The predicted octanol–water partition coefficient (Wildman–Crippen LogP) is 1.90. The Morgan fingerprint density at radius 2 is 1.90 bits per heavy atom. The molecular weight excluding hydrogens is 307 g/mol. The molecule has 1 aromatic carbocycles. The zero-order chi connectivity index (χ0) is 15.7. The molecule has 0 bridgehead atoms. The van der Waals surface area contributed by atoms with Crippen LogP contribution in [-0.2, 0) is 10.0 Å². The summed E-state index contributed by atoms with van der Waals surface area (Å²) in [6.45, 7) is -0.554. The first-order valence-corrected chi connectivity index (χ1v) is 6.67. The third-order valence-corrected chi connectivity index (χ3v) is 3.76. The molecule has 0 saturated heterocycles. The van der Waals surface area contributed by atoms with Crippen molar-refractivity contribution in [2.24, 2.45) is 0 Å². The van der Waals surface area contributed by atoms with Crippen molar-refractivity contribution >= 4 is 15.7 Å². The van der Waals surface area contributed by atoms with Crippen molar-refractivity contribution in [3.8, 4) is 0 Å². The van der Waals surface area contributed by atoms with E-state index in [0.717, 1.165) is 6.07 Å². The molecule has 4 nitrogen and oxygen atoms in total. The van der Waals surface area contributed by atoms with Crippen molar-refractivity contribution < 1.29 is 30.4 Å². The van der Waals surface area contributed by atoms with Crippen molar-refractivity contribution in [3.05, 3.63) is 23.5 Å². The van der Waals surface area contributed by atoms with Crippen LogP contribution >= 0.6 is 0 Å². The first-order chi connectivity index (χ1) is 8.97. The minimum Gasteiger partial charge on any atom is -0.396 e. The van der Waals surface area contributed by atoms with Gasteiger partial charge in [-0.05, 0) is 24.6 Å². The number of nitrogens with two attached hydrogens (primary N) is 1. The molecule has 1 rings (SSSR count). The van der Waals surface area contributed by atoms with E-state index in [4.69, 9.17) is 5.73 Å². The summed E-state index contributed by atoms with van der Waals surface area (Å²) in [6, 6.07) is 1.57. The van der Waals surface area contributed by atoms with Gasteiger partial charge in [0.25, 0.3) is 0 Å². The van der Waals surface area contributed by atoms with Crippen LogP contribution in [0.1, 0.15) is 5.56 Å². The Kier molecular flexibility index (Phi) is 4.59. The van der Waals surface area contributed by atoms with Crippen molar-refractivity contribution in [1.82, 2.24) is 4.72 Å². The summed E-state index contributed by atoms with van der Waals surface area (Å²) in [5, 5.41) is 0. The van der Waals surface area contributed by atoms with Crippen LogP contribution in [0.15, 0.2) is 17.0 Å². The Bertz CT molecular complexity index is 581. The van der Waals surface area contributed by atoms with Crippen LogP contribution in [0, 0.1) is 12.7 Å². The fourth-order valence-electron chi connectivity index (χ4n) is 1.27. The summed E-state index contributed by atoms with van der Waals surface area (Å²) in [7, 11) is -4.50. The number of hydrogen-bond donors (Lipinski definition) is 2. The monoisotopic (exact) mass is 318 g/mol. The van der Waals surface area contributed by atoms with Crippen LogP contribution in [0.3, 0.4) is 0 Å². The molecule has 0 heterocycles. The van der Waals surface area contributed by atoms with Crippen LogP contribution in [0.4, 0.5) is 27.6 Å². The summed E-state index contributed by atoms with van der Waals surface area (Å²) >= 11 is 0. The zero-order valence-electron chi connectivity index (χ0n) is 10.1. The lowest BCUT2D eigenvalue weighted by Gasteiger charge is -2.16. The largest absolute Gasteiger partial charge is 0.396 e. The van der Waals surface area contributed by atoms with Crippen LogP contribution in [0.25, 0.3) is 0 Å². The third kappa shape index (κ3) is 3.57. The Labute approximate surface area is 111 Å². The molecule has 0 amide bonds. The Morgan fingerprint density at radius 1 is 1.35 bits per heavy atom. The van der Waals surface area contributed by atoms with Gasteiger partial charge >= 0.3 is 12.3 Å². The van der Waals surface area contributed by atoms with Gasteiger partial charge in [-0.1, -0.05) is 0 Å². The number of nitrogens with one attached hydrogen (secondary N) is 1. The normalized spacial score (nSPS) is 12.9. The molecule has 0 aliphatic carbocycles. The fourth-order valence-corrected chi connectivity index (χ4v) is 2.43. The number of nitrogen functional groups attached to an aromatic ring is 1. The average Bonchev–Trinajstić information content (AvgIpc) is 2.33. The molecule has 0 atom stereocenters. The number of alkyl halides is 4. The standard InChI is InChI=1S/C10H11F5N2O2S/c1-5-2-6(3-7(16)8(5)11)20(18,19)17-4-10(14,15)9(12)13/h2-3,9,17H,4,16H2,1H3. The van der Waals surface area contributed by atoms with E-state index >= 15 is 0 Å². The Hall–Kier alpha value is -1.42. The fraction of sp³-hybridized carbons (Fsp3) is 0.400. The molecule has 0 spiro atoms. The lowest BCUT2D eigenvalue weighted by molar-refractivity contribution is -0.122. The van der Waals surface area contributed by atoms with Crippen LogP contribution in [0.5, 0.6) is 0 Å². The summed E-state index contributed by atoms with van der Waals surface area (Å²) in [5.74, 6) is -5.35. The van der Waals surface area contributed by atoms with E-state index in [1.165, 1.54) is 11.6 Å². The van der Waals surface area contributed by atoms with E-state index in [-0.39, 0.29) is 5.56 Å². The lowest BCUT2D eigenvalue weighted by atomic mass is 10.2. The topological polar surface area (TPSA) is 72.2 Å². The quantitative estimate of drug-likeness (QED) is 0.643. The first kappa shape index (κ1) is 16.6. The number of sulfonamides is 1. The highest BCUT2D eigenvalue weighted by Crippen LogP contribution is 2.24. The third-order valence-electron chi connectivity index (χ3n) is 2.38. The van der Waals surface area contributed by atoms with Gasteiger partial charge in [-0.2, -0.15) is 8.78 Å². The zero-order valence-corrected chi connectivity index (χ0v) is 10.9. The Morgan fingerprint density at radius 3 is 2.35 bits per heavy atom. The maximum Gasteiger partial charge on any atom is 0.320 e. The smallest absolute Gasteiger partial charge is 0.320 e. The van der Waals surface area contributed by atoms with Crippen LogP contribution < -0.4 is 10.5 Å². The molecule has 20 heavy (non-hydrogen) atoms. The van der Waals surface area contributed by atoms with Gasteiger partial charge < -0.3 is 5.73 Å².